The van der Waals surface area contributed by atoms with Crippen LogP contribution in [-0.2, 0) is 16.1 Å². The quantitative estimate of drug-likeness (QED) is 0.300. The lowest BCUT2D eigenvalue weighted by molar-refractivity contribution is -0.122. The van der Waals surface area contributed by atoms with Gasteiger partial charge in [0.15, 0.2) is 0 Å². The van der Waals surface area contributed by atoms with Crippen LogP contribution in [0.5, 0.6) is 0 Å². The molecule has 1 amide bonds. The van der Waals surface area contributed by atoms with E-state index in [2.05, 4.69) is 4.98 Å². The number of aromatic nitrogens is 1. The fourth-order valence-corrected chi connectivity index (χ4v) is 4.24. The SMILES string of the molecule is CCOC(=O)c1ccc(-c2ccc(/C=C3\SC(=S)N(Cc4ccncc4)C3=O)o2)cc1. The smallest absolute Gasteiger partial charge is 0.338 e. The van der Waals surface area contributed by atoms with Crippen molar-refractivity contribution in [1.29, 1.82) is 0 Å². The Labute approximate surface area is 188 Å². The number of carbonyl (C=O) groups is 2. The first kappa shape index (κ1) is 21.0. The normalized spacial score (nSPS) is 15.0. The topological polar surface area (TPSA) is 72.6 Å². The van der Waals surface area contributed by atoms with Gasteiger partial charge in [-0.1, -0.05) is 36.1 Å². The van der Waals surface area contributed by atoms with Crippen LogP contribution < -0.4 is 0 Å². The molecule has 0 bridgehead atoms. The highest BCUT2D eigenvalue weighted by atomic mass is 32.2. The number of rotatable bonds is 6. The molecule has 6 nitrogen and oxygen atoms in total. The maximum atomic E-state index is 12.8. The Morgan fingerprint density at radius 1 is 1.16 bits per heavy atom. The number of furan rings is 1. The first-order valence-electron chi connectivity index (χ1n) is 9.57. The molecule has 1 aliphatic rings. The predicted molar refractivity (Wildman–Crippen MR) is 123 cm³/mol. The predicted octanol–water partition coefficient (Wildman–Crippen LogP) is 4.92. The molecule has 31 heavy (non-hydrogen) atoms. The van der Waals surface area contributed by atoms with Crippen molar-refractivity contribution in [2.75, 3.05) is 6.61 Å². The molecule has 1 fully saturated rings. The Kier molecular flexibility index (Phi) is 6.29. The van der Waals surface area contributed by atoms with Crippen LogP contribution in [0.2, 0.25) is 0 Å². The fourth-order valence-electron chi connectivity index (χ4n) is 3.01. The van der Waals surface area contributed by atoms with Crippen LogP contribution in [0.1, 0.15) is 28.6 Å². The first-order valence-corrected chi connectivity index (χ1v) is 10.8. The molecule has 1 aromatic carbocycles. The minimum Gasteiger partial charge on any atom is -0.462 e. The largest absolute Gasteiger partial charge is 0.462 e. The monoisotopic (exact) mass is 450 g/mol. The van der Waals surface area contributed by atoms with Crippen LogP contribution in [0.4, 0.5) is 0 Å². The summed E-state index contributed by atoms with van der Waals surface area (Å²) in [6.07, 6.45) is 5.07. The molecule has 2 aromatic heterocycles. The van der Waals surface area contributed by atoms with Crippen LogP contribution in [-0.4, -0.2) is 32.7 Å². The zero-order chi connectivity index (χ0) is 21.8. The third-order valence-corrected chi connectivity index (χ3v) is 5.92. The van der Waals surface area contributed by atoms with Crippen molar-refractivity contribution in [2.45, 2.75) is 13.5 Å². The molecule has 156 valence electrons. The van der Waals surface area contributed by atoms with Crippen LogP contribution in [0.25, 0.3) is 17.4 Å². The summed E-state index contributed by atoms with van der Waals surface area (Å²) < 4.78 is 11.4. The molecular formula is C23H18N2O4S2. The summed E-state index contributed by atoms with van der Waals surface area (Å²) in [5.74, 6) is 0.675. The standard InChI is InChI=1S/C23H18N2O4S2/c1-2-28-22(27)17-5-3-16(4-6-17)19-8-7-18(29-19)13-20-21(26)25(23(30)31-20)14-15-9-11-24-12-10-15/h3-13H,2,14H2,1H3/b20-13-. The summed E-state index contributed by atoms with van der Waals surface area (Å²) in [4.78, 5) is 30.7. The average molecular weight is 451 g/mol. The number of thiocarbonyl (C=S) groups is 1. The van der Waals surface area contributed by atoms with Crippen LogP contribution in [0, 0.1) is 0 Å². The van der Waals surface area contributed by atoms with E-state index in [-0.39, 0.29) is 11.9 Å². The van der Waals surface area contributed by atoms with E-state index in [0.717, 1.165) is 11.1 Å². The van der Waals surface area contributed by atoms with E-state index in [0.29, 0.717) is 39.5 Å². The highest BCUT2D eigenvalue weighted by molar-refractivity contribution is 8.26. The minimum atomic E-state index is -0.358. The zero-order valence-electron chi connectivity index (χ0n) is 16.6. The van der Waals surface area contributed by atoms with Crippen molar-refractivity contribution in [1.82, 2.24) is 9.88 Å². The number of esters is 1. The Morgan fingerprint density at radius 2 is 1.90 bits per heavy atom. The molecule has 1 saturated heterocycles. The number of hydrogen-bond acceptors (Lipinski definition) is 7. The zero-order valence-corrected chi connectivity index (χ0v) is 18.2. The number of ether oxygens (including phenoxy) is 1. The van der Waals surface area contributed by atoms with E-state index in [1.54, 1.807) is 60.6 Å². The molecule has 0 saturated carbocycles. The van der Waals surface area contributed by atoms with Crippen molar-refractivity contribution in [3.8, 4) is 11.3 Å². The van der Waals surface area contributed by atoms with E-state index in [4.69, 9.17) is 21.4 Å². The lowest BCUT2D eigenvalue weighted by atomic mass is 10.1. The van der Waals surface area contributed by atoms with Crippen molar-refractivity contribution in [3.05, 3.63) is 82.7 Å². The van der Waals surface area contributed by atoms with E-state index >= 15 is 0 Å². The van der Waals surface area contributed by atoms with Crippen molar-refractivity contribution in [2.24, 2.45) is 0 Å². The fraction of sp³-hybridized carbons (Fsp3) is 0.130. The van der Waals surface area contributed by atoms with Crippen LogP contribution in [0.3, 0.4) is 0 Å². The van der Waals surface area contributed by atoms with Crippen molar-refractivity contribution >= 4 is 46.3 Å². The maximum absolute atomic E-state index is 12.8. The highest BCUT2D eigenvalue weighted by Gasteiger charge is 2.32. The Morgan fingerprint density at radius 3 is 2.61 bits per heavy atom. The van der Waals surface area contributed by atoms with E-state index in [9.17, 15) is 9.59 Å². The van der Waals surface area contributed by atoms with Gasteiger partial charge >= 0.3 is 5.97 Å². The molecule has 1 aliphatic heterocycles. The van der Waals surface area contributed by atoms with Gasteiger partial charge in [-0.25, -0.2) is 4.79 Å². The second-order valence-corrected chi connectivity index (χ2v) is 8.30. The van der Waals surface area contributed by atoms with Gasteiger partial charge in [0.1, 0.15) is 15.8 Å². The molecule has 0 aliphatic carbocycles. The maximum Gasteiger partial charge on any atom is 0.338 e. The molecule has 3 heterocycles. The molecular weight excluding hydrogens is 432 g/mol. The lowest BCUT2D eigenvalue weighted by Gasteiger charge is -2.13. The molecule has 3 aromatic rings. The number of nitrogens with zero attached hydrogens (tertiary/aromatic N) is 2. The van der Waals surface area contributed by atoms with Gasteiger partial charge in [-0.3, -0.25) is 14.7 Å². The Hall–Kier alpha value is -3.23. The Balaban J connectivity index is 1.48. The van der Waals surface area contributed by atoms with Gasteiger partial charge < -0.3 is 9.15 Å². The van der Waals surface area contributed by atoms with Gasteiger partial charge in [0.05, 0.1) is 23.6 Å². The van der Waals surface area contributed by atoms with Crippen LogP contribution >= 0.6 is 24.0 Å². The first-order chi connectivity index (χ1) is 15.0. The molecule has 0 unspecified atom stereocenters. The number of pyridine rings is 1. The minimum absolute atomic E-state index is 0.149. The number of benzene rings is 1. The molecule has 0 radical (unpaired) electrons. The summed E-state index contributed by atoms with van der Waals surface area (Å²) >= 11 is 6.64. The number of hydrogen-bond donors (Lipinski definition) is 0. The van der Waals surface area contributed by atoms with E-state index < -0.39 is 0 Å². The molecule has 0 N–H and O–H groups in total. The van der Waals surface area contributed by atoms with Gasteiger partial charge in [-0.2, -0.15) is 0 Å². The summed E-state index contributed by atoms with van der Waals surface area (Å²) in [6, 6.07) is 14.3. The summed E-state index contributed by atoms with van der Waals surface area (Å²) in [5, 5.41) is 0. The lowest BCUT2D eigenvalue weighted by Crippen LogP contribution is -2.27. The molecule has 4 rings (SSSR count). The van der Waals surface area contributed by atoms with Gasteiger partial charge in [-0.15, -0.1) is 0 Å². The van der Waals surface area contributed by atoms with Gasteiger partial charge in [0.25, 0.3) is 5.91 Å². The highest BCUT2D eigenvalue weighted by Crippen LogP contribution is 2.34. The van der Waals surface area contributed by atoms with Crippen molar-refractivity contribution in [3.63, 3.8) is 0 Å². The third kappa shape index (κ3) is 4.76. The second-order valence-electron chi connectivity index (χ2n) is 6.62. The summed E-state index contributed by atoms with van der Waals surface area (Å²) in [5.41, 5.74) is 2.26. The number of carbonyl (C=O) groups excluding carboxylic acids is 2. The summed E-state index contributed by atoms with van der Waals surface area (Å²) in [7, 11) is 0. The molecule has 0 atom stereocenters. The summed E-state index contributed by atoms with van der Waals surface area (Å²) in [6.45, 7) is 2.50. The van der Waals surface area contributed by atoms with Crippen molar-refractivity contribution < 1.29 is 18.7 Å². The molecule has 0 spiro atoms. The molecule has 8 heteroatoms. The van der Waals surface area contributed by atoms with E-state index in [1.165, 1.54) is 11.8 Å². The number of thioether (sulfide) groups is 1. The van der Waals surface area contributed by atoms with Gasteiger partial charge in [0, 0.05) is 24.0 Å². The van der Waals surface area contributed by atoms with Gasteiger partial charge in [0.2, 0.25) is 0 Å². The second kappa shape index (κ2) is 9.28. The van der Waals surface area contributed by atoms with Crippen LogP contribution in [0.15, 0.2) is 70.2 Å². The van der Waals surface area contributed by atoms with E-state index in [1.807, 2.05) is 18.2 Å². The third-order valence-electron chi connectivity index (χ3n) is 4.54. The Bertz CT molecular complexity index is 1150. The van der Waals surface area contributed by atoms with Gasteiger partial charge in [-0.05, 0) is 48.9 Å². The average Bonchev–Trinajstić information content (AvgIpc) is 3.35. The number of amides is 1.